The maximum absolute atomic E-state index is 13.0. The molecule has 3 aliphatic rings. The van der Waals surface area contributed by atoms with Gasteiger partial charge in [-0.05, 0) is 29.8 Å². The van der Waals surface area contributed by atoms with Gasteiger partial charge < -0.3 is 19.7 Å². The van der Waals surface area contributed by atoms with E-state index in [0.29, 0.717) is 19.8 Å². The second kappa shape index (κ2) is 9.21. The fourth-order valence-corrected chi connectivity index (χ4v) is 4.84. The molecule has 0 aromatic heterocycles. The van der Waals surface area contributed by atoms with Gasteiger partial charge in [-0.2, -0.15) is 0 Å². The molecule has 1 atom stereocenters. The van der Waals surface area contributed by atoms with Crippen LogP contribution in [0.15, 0.2) is 52.6 Å². The number of morpholine rings is 1. The van der Waals surface area contributed by atoms with Gasteiger partial charge in [-0.25, -0.2) is 8.42 Å². The van der Waals surface area contributed by atoms with E-state index in [1.54, 1.807) is 30.4 Å². The Hall–Kier alpha value is -2.69. The Balaban J connectivity index is 1.52. The van der Waals surface area contributed by atoms with Crippen LogP contribution in [0, 0.1) is 0 Å². The fourth-order valence-electron chi connectivity index (χ4n) is 3.85. The van der Waals surface area contributed by atoms with E-state index in [1.807, 2.05) is 24.3 Å². The number of hydrogen-bond acceptors (Lipinski definition) is 7. The standard InChI is InChI=1S/C21H26N4O5S/c1-29-17-6-4-16(5-7-17)19(24-9-12-30-13-10-24)15-22-21(26)18-3-2-8-25-11-14-31(27,28)23-20(18)25/h2-8,19H,9-15H2,1H3,(H,22,26)/t19-/m1/s1. The number of rotatable bonds is 6. The number of amidine groups is 1. The summed E-state index contributed by atoms with van der Waals surface area (Å²) in [7, 11) is -1.94. The first-order valence-electron chi connectivity index (χ1n) is 10.2. The van der Waals surface area contributed by atoms with Crippen molar-refractivity contribution in [3.05, 3.63) is 53.8 Å². The van der Waals surface area contributed by atoms with Crippen LogP contribution in [0.3, 0.4) is 0 Å². The van der Waals surface area contributed by atoms with E-state index in [9.17, 15) is 13.2 Å². The van der Waals surface area contributed by atoms with Gasteiger partial charge in [-0.3, -0.25) is 9.69 Å². The molecule has 166 valence electrons. The van der Waals surface area contributed by atoms with Crippen molar-refractivity contribution in [3.8, 4) is 5.75 Å². The number of ether oxygens (including phenoxy) is 2. The number of carbonyl (C=O) groups excluding carboxylic acids is 1. The minimum absolute atomic E-state index is 0.0494. The highest BCUT2D eigenvalue weighted by Crippen LogP contribution is 2.24. The molecule has 3 aliphatic heterocycles. The molecule has 1 aromatic carbocycles. The number of hydrogen-bond donors (Lipinski definition) is 1. The number of allylic oxidation sites excluding steroid dienone is 2. The molecule has 1 aromatic rings. The summed E-state index contributed by atoms with van der Waals surface area (Å²) in [4.78, 5) is 17.0. The maximum Gasteiger partial charge on any atom is 0.256 e. The molecule has 1 fully saturated rings. The van der Waals surface area contributed by atoms with Crippen LogP contribution < -0.4 is 10.1 Å². The van der Waals surface area contributed by atoms with Gasteiger partial charge in [-0.15, -0.1) is 4.40 Å². The Kier molecular flexibility index (Phi) is 6.40. The van der Waals surface area contributed by atoms with Crippen LogP contribution >= 0.6 is 0 Å². The Morgan fingerprint density at radius 3 is 2.68 bits per heavy atom. The molecule has 1 N–H and O–H groups in total. The van der Waals surface area contributed by atoms with E-state index < -0.39 is 10.0 Å². The van der Waals surface area contributed by atoms with Crippen LogP contribution in [-0.4, -0.2) is 82.2 Å². The second-order valence-corrected chi connectivity index (χ2v) is 9.22. The summed E-state index contributed by atoms with van der Waals surface area (Å²) in [5.74, 6) is 0.534. The van der Waals surface area contributed by atoms with Gasteiger partial charge in [0.2, 0.25) is 0 Å². The zero-order valence-electron chi connectivity index (χ0n) is 17.4. The van der Waals surface area contributed by atoms with E-state index in [-0.39, 0.29) is 35.7 Å². The molecule has 9 nitrogen and oxygen atoms in total. The molecule has 31 heavy (non-hydrogen) atoms. The number of nitrogens with zero attached hydrogens (tertiary/aromatic N) is 3. The Morgan fingerprint density at radius 2 is 1.97 bits per heavy atom. The van der Waals surface area contributed by atoms with Gasteiger partial charge >= 0.3 is 0 Å². The summed E-state index contributed by atoms with van der Waals surface area (Å²) in [5, 5.41) is 2.98. The normalized spacial score (nSPS) is 21.5. The molecular weight excluding hydrogens is 420 g/mol. The topological polar surface area (TPSA) is 101 Å². The molecule has 0 unspecified atom stereocenters. The Labute approximate surface area is 182 Å². The quantitative estimate of drug-likeness (QED) is 0.686. The molecule has 0 radical (unpaired) electrons. The predicted molar refractivity (Wildman–Crippen MR) is 116 cm³/mol. The average Bonchev–Trinajstić information content (AvgIpc) is 2.79. The van der Waals surface area contributed by atoms with E-state index in [1.165, 1.54) is 0 Å². The lowest BCUT2D eigenvalue weighted by Gasteiger charge is -2.35. The van der Waals surface area contributed by atoms with Gasteiger partial charge in [0, 0.05) is 32.4 Å². The highest BCUT2D eigenvalue weighted by Gasteiger charge is 2.31. The number of nitrogens with one attached hydrogen (secondary N) is 1. The maximum atomic E-state index is 13.0. The number of carbonyl (C=O) groups is 1. The van der Waals surface area contributed by atoms with Gasteiger partial charge in [0.25, 0.3) is 15.9 Å². The molecule has 0 saturated carbocycles. The van der Waals surface area contributed by atoms with Crippen molar-refractivity contribution < 1.29 is 22.7 Å². The minimum Gasteiger partial charge on any atom is -0.497 e. The Morgan fingerprint density at radius 1 is 1.23 bits per heavy atom. The second-order valence-electron chi connectivity index (χ2n) is 7.46. The monoisotopic (exact) mass is 446 g/mol. The van der Waals surface area contributed by atoms with Crippen LogP contribution in [0.4, 0.5) is 0 Å². The van der Waals surface area contributed by atoms with Gasteiger partial charge in [0.1, 0.15) is 5.75 Å². The molecule has 3 heterocycles. The zero-order valence-corrected chi connectivity index (χ0v) is 18.2. The number of sulfonamides is 1. The highest BCUT2D eigenvalue weighted by atomic mass is 32.2. The first-order valence-corrected chi connectivity index (χ1v) is 11.8. The summed E-state index contributed by atoms with van der Waals surface area (Å²) in [6.45, 7) is 3.45. The van der Waals surface area contributed by atoms with Crippen molar-refractivity contribution in [1.29, 1.82) is 0 Å². The highest BCUT2D eigenvalue weighted by molar-refractivity contribution is 7.90. The van der Waals surface area contributed by atoms with Crippen LogP contribution in [0.1, 0.15) is 11.6 Å². The smallest absolute Gasteiger partial charge is 0.256 e. The van der Waals surface area contributed by atoms with Crippen molar-refractivity contribution in [3.63, 3.8) is 0 Å². The van der Waals surface area contributed by atoms with Gasteiger partial charge in [0.15, 0.2) is 5.84 Å². The fraction of sp³-hybridized carbons (Fsp3) is 0.429. The SMILES string of the molecule is COc1ccc([C@@H](CNC(=O)C2=CC=CN3CCS(=O)(=O)N=C23)N2CCOCC2)cc1. The van der Waals surface area contributed by atoms with Crippen molar-refractivity contribution in [2.75, 3.05) is 52.3 Å². The van der Waals surface area contributed by atoms with Crippen LogP contribution in [-0.2, 0) is 19.6 Å². The van der Waals surface area contributed by atoms with Crippen molar-refractivity contribution >= 4 is 21.8 Å². The first kappa shape index (κ1) is 21.5. The molecule has 10 heteroatoms. The molecule has 0 spiro atoms. The molecule has 0 aliphatic carbocycles. The molecular formula is C21H26N4O5S. The minimum atomic E-state index is -3.56. The zero-order chi connectivity index (χ0) is 21.8. The number of fused-ring (bicyclic) bond motifs is 1. The number of methoxy groups -OCH3 is 1. The first-order chi connectivity index (χ1) is 15.0. The van der Waals surface area contributed by atoms with Crippen molar-refractivity contribution in [2.24, 2.45) is 4.40 Å². The van der Waals surface area contributed by atoms with Crippen LogP contribution in [0.5, 0.6) is 5.75 Å². The summed E-state index contributed by atoms with van der Waals surface area (Å²) in [6, 6.07) is 7.74. The van der Waals surface area contributed by atoms with Crippen molar-refractivity contribution in [2.45, 2.75) is 6.04 Å². The van der Waals surface area contributed by atoms with Crippen LogP contribution in [0.2, 0.25) is 0 Å². The van der Waals surface area contributed by atoms with E-state index in [0.717, 1.165) is 24.4 Å². The number of benzene rings is 1. The summed E-state index contributed by atoms with van der Waals surface area (Å²) in [5.41, 5.74) is 1.31. The third-order valence-electron chi connectivity index (χ3n) is 5.55. The summed E-state index contributed by atoms with van der Waals surface area (Å²) >= 11 is 0. The molecule has 1 saturated heterocycles. The van der Waals surface area contributed by atoms with Gasteiger partial charge in [0.05, 0.1) is 37.7 Å². The number of amides is 1. The van der Waals surface area contributed by atoms with E-state index in [2.05, 4.69) is 14.6 Å². The Bertz CT molecular complexity index is 1010. The summed E-state index contributed by atoms with van der Waals surface area (Å²) < 4.78 is 38.5. The third kappa shape index (κ3) is 4.97. The predicted octanol–water partition coefficient (Wildman–Crippen LogP) is 0.682. The lowest BCUT2D eigenvalue weighted by Crippen LogP contribution is -2.46. The summed E-state index contributed by atoms with van der Waals surface area (Å²) in [6.07, 6.45) is 5.07. The lowest BCUT2D eigenvalue weighted by atomic mass is 10.0. The lowest BCUT2D eigenvalue weighted by molar-refractivity contribution is -0.117. The van der Waals surface area contributed by atoms with Crippen LogP contribution in [0.25, 0.3) is 0 Å². The molecule has 1 amide bonds. The van der Waals surface area contributed by atoms with Gasteiger partial charge in [-0.1, -0.05) is 12.1 Å². The van der Waals surface area contributed by atoms with E-state index in [4.69, 9.17) is 9.47 Å². The average molecular weight is 447 g/mol. The largest absolute Gasteiger partial charge is 0.497 e. The molecule has 0 bridgehead atoms. The molecule has 4 rings (SSSR count). The third-order valence-corrected chi connectivity index (χ3v) is 6.69. The van der Waals surface area contributed by atoms with E-state index >= 15 is 0 Å². The van der Waals surface area contributed by atoms with Crippen molar-refractivity contribution in [1.82, 2.24) is 15.1 Å².